The Balaban J connectivity index is 1.94. The van der Waals surface area contributed by atoms with Gasteiger partial charge in [0.25, 0.3) is 11.1 Å². The first-order valence-electron chi connectivity index (χ1n) is 9.07. The van der Waals surface area contributed by atoms with Gasteiger partial charge in [0.1, 0.15) is 6.04 Å². The first kappa shape index (κ1) is 17.4. The third kappa shape index (κ3) is 2.28. The fourth-order valence-corrected chi connectivity index (χ4v) is 4.70. The molecule has 6 nitrogen and oxygen atoms in total. The van der Waals surface area contributed by atoms with E-state index in [1.54, 1.807) is 18.2 Å². The van der Waals surface area contributed by atoms with Crippen molar-refractivity contribution in [3.8, 4) is 0 Å². The molecule has 2 aliphatic rings. The molecule has 0 bridgehead atoms. The lowest BCUT2D eigenvalue weighted by molar-refractivity contribution is -0.116. The van der Waals surface area contributed by atoms with Gasteiger partial charge in [-0.15, -0.1) is 0 Å². The van der Waals surface area contributed by atoms with E-state index < -0.39 is 6.04 Å². The van der Waals surface area contributed by atoms with E-state index in [0.29, 0.717) is 30.5 Å². The Kier molecular flexibility index (Phi) is 3.84. The van der Waals surface area contributed by atoms with Gasteiger partial charge >= 0.3 is 0 Å². The van der Waals surface area contributed by atoms with Crippen molar-refractivity contribution in [1.82, 2.24) is 9.36 Å². The van der Waals surface area contributed by atoms with Crippen molar-refractivity contribution in [3.63, 3.8) is 0 Å². The van der Waals surface area contributed by atoms with Crippen molar-refractivity contribution in [2.45, 2.75) is 25.3 Å². The van der Waals surface area contributed by atoms with Gasteiger partial charge in [0.2, 0.25) is 0 Å². The predicted molar refractivity (Wildman–Crippen MR) is 116 cm³/mol. The second-order valence-electron chi connectivity index (χ2n) is 7.13. The van der Waals surface area contributed by atoms with Crippen LogP contribution in [-0.2, 0) is 4.79 Å². The zero-order chi connectivity index (χ0) is 19.6. The van der Waals surface area contributed by atoms with Crippen LogP contribution in [0.5, 0.6) is 0 Å². The van der Waals surface area contributed by atoms with Crippen molar-refractivity contribution in [2.75, 3.05) is 5.73 Å². The Morgan fingerprint density at radius 3 is 2.46 bits per heavy atom. The molecule has 0 spiro atoms. The predicted octanol–water partition coefficient (Wildman–Crippen LogP) is 2.92. The minimum absolute atomic E-state index is 0.00294. The van der Waals surface area contributed by atoms with E-state index in [-0.39, 0.29) is 33.4 Å². The molecule has 2 heterocycles. The van der Waals surface area contributed by atoms with Crippen LogP contribution in [0.3, 0.4) is 0 Å². The molecule has 0 fully saturated rings. The summed E-state index contributed by atoms with van der Waals surface area (Å²) in [7, 11) is 0. The molecule has 1 unspecified atom stereocenters. The summed E-state index contributed by atoms with van der Waals surface area (Å²) in [6.07, 6.45) is 1.68. The smallest absolute Gasteiger partial charge is 0.279 e. The van der Waals surface area contributed by atoms with Crippen LogP contribution in [0.2, 0.25) is 0 Å². The van der Waals surface area contributed by atoms with Crippen LogP contribution in [-0.4, -0.2) is 15.1 Å². The third-order valence-corrected chi connectivity index (χ3v) is 6.26. The molecule has 1 aliphatic heterocycles. The molecule has 0 saturated carbocycles. The van der Waals surface area contributed by atoms with E-state index in [1.807, 2.05) is 24.3 Å². The lowest BCUT2D eigenvalue weighted by Gasteiger charge is -2.19. The number of carbonyl (C=O) groups is 1. The maximum atomic E-state index is 13.4. The zero-order valence-corrected chi connectivity index (χ0v) is 17.0. The highest BCUT2D eigenvalue weighted by Crippen LogP contribution is 2.41. The van der Waals surface area contributed by atoms with Crippen molar-refractivity contribution in [2.24, 2.45) is 0 Å². The minimum atomic E-state index is -0.592. The molecule has 0 radical (unpaired) electrons. The lowest BCUT2D eigenvalue weighted by Crippen LogP contribution is -2.37. The number of nitrogen functional groups attached to an aromatic ring is 1. The number of allylic oxidation sites excluding steroid dienone is 2. The molecule has 3 aromatic rings. The second kappa shape index (κ2) is 6.16. The molecule has 140 valence electrons. The van der Waals surface area contributed by atoms with Crippen molar-refractivity contribution in [3.05, 3.63) is 77.9 Å². The number of rotatable bonds is 1. The zero-order valence-electron chi connectivity index (χ0n) is 14.8. The number of halogens is 1. The van der Waals surface area contributed by atoms with Crippen LogP contribution in [0.25, 0.3) is 16.5 Å². The highest BCUT2D eigenvalue weighted by Gasteiger charge is 2.40. The summed E-state index contributed by atoms with van der Waals surface area (Å²) in [6.45, 7) is 0. The summed E-state index contributed by atoms with van der Waals surface area (Å²) in [5, 5.41) is 0.501. The van der Waals surface area contributed by atoms with Gasteiger partial charge in [-0.3, -0.25) is 14.4 Å². The van der Waals surface area contributed by atoms with E-state index in [9.17, 15) is 14.4 Å². The number of carbonyl (C=O) groups excluding carboxylic acids is 1. The molecule has 0 amide bonds. The Morgan fingerprint density at radius 2 is 1.71 bits per heavy atom. The SMILES string of the molecule is Nc1cccc2c(=O)n3n(c(=O)c12)C1=C(C(=O)CCC1)C3c1ccc(I)cc1. The molecule has 1 aliphatic carbocycles. The number of benzene rings is 2. The van der Waals surface area contributed by atoms with Crippen molar-refractivity contribution < 1.29 is 4.79 Å². The van der Waals surface area contributed by atoms with Crippen LogP contribution >= 0.6 is 22.6 Å². The topological polar surface area (TPSA) is 87.1 Å². The van der Waals surface area contributed by atoms with Gasteiger partial charge in [-0.1, -0.05) is 18.2 Å². The molecule has 2 aromatic carbocycles. The highest BCUT2D eigenvalue weighted by molar-refractivity contribution is 14.1. The van der Waals surface area contributed by atoms with Gasteiger partial charge in [0.15, 0.2) is 5.78 Å². The molecular formula is C21H16IN3O3. The van der Waals surface area contributed by atoms with Crippen molar-refractivity contribution >= 4 is 50.5 Å². The summed E-state index contributed by atoms with van der Waals surface area (Å²) < 4.78 is 3.90. The number of nitrogens with zero attached hydrogens (tertiary/aromatic N) is 2. The van der Waals surface area contributed by atoms with E-state index in [2.05, 4.69) is 22.6 Å². The molecule has 1 atom stereocenters. The number of aromatic nitrogens is 2. The number of anilines is 1. The molecular weight excluding hydrogens is 469 g/mol. The van der Waals surface area contributed by atoms with Crippen LogP contribution in [0, 0.1) is 3.57 Å². The first-order chi connectivity index (χ1) is 13.5. The highest BCUT2D eigenvalue weighted by atomic mass is 127. The average Bonchev–Trinajstić information content (AvgIpc) is 3.04. The molecule has 7 heteroatoms. The number of Topliss-reactive ketones (excluding diaryl/α,β-unsaturated/α-hetero) is 1. The molecule has 1 aromatic heterocycles. The van der Waals surface area contributed by atoms with E-state index in [1.165, 1.54) is 9.36 Å². The van der Waals surface area contributed by atoms with Gasteiger partial charge in [-0.05, 0) is 65.3 Å². The Morgan fingerprint density at radius 1 is 0.964 bits per heavy atom. The van der Waals surface area contributed by atoms with E-state index >= 15 is 0 Å². The maximum Gasteiger partial charge on any atom is 0.279 e. The van der Waals surface area contributed by atoms with E-state index in [4.69, 9.17) is 5.73 Å². The van der Waals surface area contributed by atoms with Crippen LogP contribution in [0.1, 0.15) is 30.9 Å². The summed E-state index contributed by atoms with van der Waals surface area (Å²) in [5.41, 5.74) is 7.66. The standard InChI is InChI=1S/C21H16IN3O3/c22-12-9-7-11(8-10-12)19-18-15(5-2-6-16(18)26)24-21(28)17-13(20(27)25(19)24)3-1-4-14(17)23/h1,3-4,7-10,19H,2,5-6,23H2. The van der Waals surface area contributed by atoms with Crippen molar-refractivity contribution in [1.29, 1.82) is 0 Å². The summed E-state index contributed by atoms with van der Waals surface area (Å²) in [6, 6.07) is 12.0. The summed E-state index contributed by atoms with van der Waals surface area (Å²) in [4.78, 5) is 39.7. The second-order valence-corrected chi connectivity index (χ2v) is 8.37. The molecule has 0 saturated heterocycles. The fraction of sp³-hybridized carbons (Fsp3) is 0.190. The number of ketones is 1. The monoisotopic (exact) mass is 485 g/mol. The van der Waals surface area contributed by atoms with E-state index in [0.717, 1.165) is 9.13 Å². The number of fused-ring (bicyclic) bond motifs is 3. The van der Waals surface area contributed by atoms with Gasteiger partial charge in [-0.25, -0.2) is 9.36 Å². The summed E-state index contributed by atoms with van der Waals surface area (Å²) in [5.74, 6) is -0.00294. The quantitative estimate of drug-likeness (QED) is 0.424. The number of nitrogens with two attached hydrogens (primary N) is 1. The molecule has 28 heavy (non-hydrogen) atoms. The molecule has 2 N–H and O–H groups in total. The first-order valence-corrected chi connectivity index (χ1v) is 10.1. The van der Waals surface area contributed by atoms with Gasteiger partial charge < -0.3 is 5.73 Å². The Bertz CT molecular complexity index is 1320. The van der Waals surface area contributed by atoms with Crippen LogP contribution in [0.15, 0.2) is 57.6 Å². The Hall–Kier alpha value is -2.68. The Labute approximate surface area is 173 Å². The number of hydrogen-bond acceptors (Lipinski definition) is 4. The van der Waals surface area contributed by atoms with Gasteiger partial charge in [0, 0.05) is 21.3 Å². The fourth-order valence-electron chi connectivity index (χ4n) is 4.34. The third-order valence-electron chi connectivity index (χ3n) is 5.55. The average molecular weight is 485 g/mol. The maximum absolute atomic E-state index is 13.4. The molecule has 5 rings (SSSR count). The van der Waals surface area contributed by atoms with Crippen LogP contribution in [0.4, 0.5) is 5.69 Å². The van der Waals surface area contributed by atoms with Gasteiger partial charge in [0.05, 0.1) is 16.5 Å². The minimum Gasteiger partial charge on any atom is -0.398 e. The number of hydrogen-bond donors (Lipinski definition) is 1. The van der Waals surface area contributed by atoms with Gasteiger partial charge in [-0.2, -0.15) is 0 Å². The summed E-state index contributed by atoms with van der Waals surface area (Å²) >= 11 is 2.21. The van der Waals surface area contributed by atoms with Crippen LogP contribution < -0.4 is 16.9 Å². The largest absolute Gasteiger partial charge is 0.398 e. The lowest BCUT2D eigenvalue weighted by atomic mass is 9.88. The normalized spacial score (nSPS) is 18.5.